The Bertz CT molecular complexity index is 334. The number of carboxylic acids is 1. The molecule has 1 saturated heterocycles. The first-order valence-electron chi connectivity index (χ1n) is 7.64. The summed E-state index contributed by atoms with van der Waals surface area (Å²) in [6.45, 7) is 9.01. The van der Waals surface area contributed by atoms with Crippen molar-refractivity contribution < 1.29 is 19.4 Å². The van der Waals surface area contributed by atoms with Crippen LogP contribution in [0.1, 0.15) is 26.7 Å². The van der Waals surface area contributed by atoms with E-state index in [4.69, 9.17) is 9.84 Å². The van der Waals surface area contributed by atoms with E-state index in [2.05, 4.69) is 24.1 Å². The third-order valence-electron chi connectivity index (χ3n) is 3.72. The molecule has 0 radical (unpaired) electrons. The van der Waals surface area contributed by atoms with Crippen molar-refractivity contribution >= 4 is 12.0 Å². The molecule has 122 valence electrons. The van der Waals surface area contributed by atoms with Gasteiger partial charge in [0.05, 0.1) is 25.7 Å². The van der Waals surface area contributed by atoms with Crippen LogP contribution in [0.2, 0.25) is 0 Å². The average molecular weight is 301 g/mol. The van der Waals surface area contributed by atoms with Crippen LogP contribution in [0, 0.1) is 0 Å². The summed E-state index contributed by atoms with van der Waals surface area (Å²) in [4.78, 5) is 26.8. The van der Waals surface area contributed by atoms with Crippen molar-refractivity contribution in [2.75, 3.05) is 45.9 Å². The van der Waals surface area contributed by atoms with E-state index in [1.165, 1.54) is 0 Å². The van der Waals surface area contributed by atoms with Crippen LogP contribution in [0.15, 0.2) is 0 Å². The summed E-state index contributed by atoms with van der Waals surface area (Å²) >= 11 is 0. The van der Waals surface area contributed by atoms with E-state index in [-0.39, 0.29) is 18.5 Å². The zero-order chi connectivity index (χ0) is 15.7. The molecule has 1 rings (SSSR count). The van der Waals surface area contributed by atoms with E-state index in [0.717, 1.165) is 26.1 Å². The maximum atomic E-state index is 12.1. The molecule has 0 saturated carbocycles. The molecule has 7 heteroatoms. The smallest absolute Gasteiger partial charge is 0.317 e. The van der Waals surface area contributed by atoms with E-state index in [0.29, 0.717) is 26.3 Å². The SMILES string of the molecule is CCN(CC)CCCNC(=O)N1CCOCC1CC(=O)O. The van der Waals surface area contributed by atoms with Gasteiger partial charge in [-0.2, -0.15) is 0 Å². The Morgan fingerprint density at radius 1 is 1.38 bits per heavy atom. The fourth-order valence-corrected chi connectivity index (χ4v) is 2.43. The maximum absolute atomic E-state index is 12.1. The van der Waals surface area contributed by atoms with Crippen LogP contribution in [0.3, 0.4) is 0 Å². The van der Waals surface area contributed by atoms with Crippen LogP contribution in [-0.4, -0.2) is 78.9 Å². The summed E-state index contributed by atoms with van der Waals surface area (Å²) < 4.78 is 5.26. The van der Waals surface area contributed by atoms with Crippen molar-refractivity contribution in [2.24, 2.45) is 0 Å². The summed E-state index contributed by atoms with van der Waals surface area (Å²) in [5.74, 6) is -0.912. The molecular weight excluding hydrogens is 274 g/mol. The van der Waals surface area contributed by atoms with Crippen molar-refractivity contribution in [1.82, 2.24) is 15.1 Å². The third kappa shape index (κ3) is 6.31. The first-order valence-corrected chi connectivity index (χ1v) is 7.64. The quantitative estimate of drug-likeness (QED) is 0.642. The number of carboxylic acid groups (broad SMARTS) is 1. The molecule has 1 aliphatic rings. The number of morpholine rings is 1. The van der Waals surface area contributed by atoms with Crippen LogP contribution in [0.4, 0.5) is 4.79 Å². The first kappa shape index (κ1) is 17.7. The van der Waals surface area contributed by atoms with Gasteiger partial charge in [-0.05, 0) is 26.1 Å². The lowest BCUT2D eigenvalue weighted by atomic mass is 10.1. The lowest BCUT2D eigenvalue weighted by Gasteiger charge is -2.34. The van der Waals surface area contributed by atoms with Gasteiger partial charge in [-0.3, -0.25) is 4.79 Å². The van der Waals surface area contributed by atoms with Gasteiger partial charge in [0.15, 0.2) is 0 Å². The Morgan fingerprint density at radius 3 is 2.71 bits per heavy atom. The summed E-state index contributed by atoms with van der Waals surface area (Å²) in [5, 5.41) is 11.7. The minimum absolute atomic E-state index is 0.0765. The lowest BCUT2D eigenvalue weighted by molar-refractivity contribution is -0.139. The molecular formula is C14H27N3O4. The van der Waals surface area contributed by atoms with Gasteiger partial charge < -0.3 is 25.0 Å². The number of nitrogens with zero attached hydrogens (tertiary/aromatic N) is 2. The second-order valence-corrected chi connectivity index (χ2v) is 5.13. The monoisotopic (exact) mass is 301 g/mol. The molecule has 2 amide bonds. The fraction of sp³-hybridized carbons (Fsp3) is 0.857. The number of urea groups is 1. The number of amides is 2. The summed E-state index contributed by atoms with van der Waals surface area (Å²) in [5.41, 5.74) is 0. The predicted octanol–water partition coefficient (Wildman–Crippen LogP) is 0.603. The van der Waals surface area contributed by atoms with Crippen molar-refractivity contribution in [3.63, 3.8) is 0 Å². The number of nitrogens with one attached hydrogen (secondary N) is 1. The average Bonchev–Trinajstić information content (AvgIpc) is 2.47. The molecule has 1 aliphatic heterocycles. The van der Waals surface area contributed by atoms with Gasteiger partial charge in [-0.25, -0.2) is 4.79 Å². The molecule has 1 atom stereocenters. The van der Waals surface area contributed by atoms with E-state index < -0.39 is 5.97 Å². The molecule has 2 N–H and O–H groups in total. The van der Waals surface area contributed by atoms with Gasteiger partial charge in [0, 0.05) is 13.1 Å². The van der Waals surface area contributed by atoms with Gasteiger partial charge >= 0.3 is 12.0 Å². The summed E-state index contributed by atoms with van der Waals surface area (Å²) in [6.07, 6.45) is 0.814. The molecule has 1 heterocycles. The highest BCUT2D eigenvalue weighted by atomic mass is 16.5. The first-order chi connectivity index (χ1) is 10.1. The lowest BCUT2D eigenvalue weighted by Crippen LogP contribution is -2.53. The number of carbonyl (C=O) groups is 2. The van der Waals surface area contributed by atoms with E-state index in [1.54, 1.807) is 4.90 Å². The standard InChI is InChI=1S/C14H27N3O4/c1-3-16(4-2)7-5-6-15-14(20)17-8-9-21-11-12(17)10-13(18)19/h12H,3-11H2,1-2H3,(H,15,20)(H,18,19). The molecule has 1 fully saturated rings. The highest BCUT2D eigenvalue weighted by Crippen LogP contribution is 2.10. The Balaban J connectivity index is 2.33. The Labute approximate surface area is 126 Å². The molecule has 0 aromatic rings. The normalized spacial score (nSPS) is 18.8. The molecule has 0 spiro atoms. The van der Waals surface area contributed by atoms with Crippen molar-refractivity contribution in [3.8, 4) is 0 Å². The number of hydrogen-bond donors (Lipinski definition) is 2. The minimum atomic E-state index is -0.912. The summed E-state index contributed by atoms with van der Waals surface area (Å²) in [7, 11) is 0. The number of rotatable bonds is 8. The topological polar surface area (TPSA) is 82.1 Å². The second-order valence-electron chi connectivity index (χ2n) is 5.13. The van der Waals surface area contributed by atoms with Crippen LogP contribution >= 0.6 is 0 Å². The molecule has 0 aliphatic carbocycles. The molecule has 21 heavy (non-hydrogen) atoms. The van der Waals surface area contributed by atoms with Gasteiger partial charge in [0.25, 0.3) is 0 Å². The Morgan fingerprint density at radius 2 is 2.10 bits per heavy atom. The van der Waals surface area contributed by atoms with Crippen LogP contribution in [-0.2, 0) is 9.53 Å². The highest BCUT2D eigenvalue weighted by molar-refractivity contribution is 5.76. The predicted molar refractivity (Wildman–Crippen MR) is 79.4 cm³/mol. The minimum Gasteiger partial charge on any atom is -0.481 e. The highest BCUT2D eigenvalue weighted by Gasteiger charge is 2.28. The molecule has 0 aromatic carbocycles. The zero-order valence-corrected chi connectivity index (χ0v) is 13.0. The van der Waals surface area contributed by atoms with E-state index in [1.807, 2.05) is 0 Å². The summed E-state index contributed by atoms with van der Waals surface area (Å²) in [6, 6.07) is -0.567. The number of hydrogen-bond acceptors (Lipinski definition) is 4. The van der Waals surface area contributed by atoms with Crippen LogP contribution in [0.5, 0.6) is 0 Å². The van der Waals surface area contributed by atoms with Crippen molar-refractivity contribution in [2.45, 2.75) is 32.7 Å². The largest absolute Gasteiger partial charge is 0.481 e. The van der Waals surface area contributed by atoms with E-state index in [9.17, 15) is 9.59 Å². The molecule has 0 bridgehead atoms. The maximum Gasteiger partial charge on any atom is 0.317 e. The van der Waals surface area contributed by atoms with E-state index >= 15 is 0 Å². The number of ether oxygens (including phenoxy) is 1. The van der Waals surface area contributed by atoms with Gasteiger partial charge in [-0.1, -0.05) is 13.8 Å². The van der Waals surface area contributed by atoms with Crippen molar-refractivity contribution in [1.29, 1.82) is 0 Å². The second kappa shape index (κ2) is 9.57. The third-order valence-corrected chi connectivity index (χ3v) is 3.72. The molecule has 7 nitrogen and oxygen atoms in total. The van der Waals surface area contributed by atoms with Gasteiger partial charge in [0.1, 0.15) is 0 Å². The zero-order valence-electron chi connectivity index (χ0n) is 13.0. The van der Waals surface area contributed by atoms with Gasteiger partial charge in [0.2, 0.25) is 0 Å². The Kier molecular flexibility index (Phi) is 8.07. The number of aliphatic carboxylic acids is 1. The van der Waals surface area contributed by atoms with Crippen LogP contribution < -0.4 is 5.32 Å². The van der Waals surface area contributed by atoms with Crippen molar-refractivity contribution in [3.05, 3.63) is 0 Å². The Hall–Kier alpha value is -1.34. The fourth-order valence-electron chi connectivity index (χ4n) is 2.43. The molecule has 1 unspecified atom stereocenters. The molecule has 0 aromatic heterocycles. The van der Waals surface area contributed by atoms with Gasteiger partial charge in [-0.15, -0.1) is 0 Å². The van der Waals surface area contributed by atoms with Crippen LogP contribution in [0.25, 0.3) is 0 Å². The number of carbonyl (C=O) groups excluding carboxylic acids is 1.